The Balaban J connectivity index is 1.53. The number of hydrogen-bond acceptors (Lipinski definition) is 7. The van der Waals surface area contributed by atoms with Gasteiger partial charge in [0, 0.05) is 5.92 Å². The Kier molecular flexibility index (Phi) is 4.76. The largest absolute Gasteiger partial charge is 0.492 e. The first kappa shape index (κ1) is 18.8. The number of amides is 1. The van der Waals surface area contributed by atoms with Crippen molar-refractivity contribution in [1.82, 2.24) is 19.5 Å². The number of thiazole rings is 1. The number of carbonyl (C=O) groups is 1. The van der Waals surface area contributed by atoms with Crippen molar-refractivity contribution >= 4 is 22.2 Å². The van der Waals surface area contributed by atoms with Gasteiger partial charge in [0.2, 0.25) is 22.6 Å². The number of fused-ring (bicyclic) bond motifs is 1. The lowest BCUT2D eigenvalue weighted by Gasteiger charge is -2.36. The van der Waals surface area contributed by atoms with Crippen LogP contribution in [0.15, 0.2) is 53.1 Å². The molecule has 1 saturated heterocycles. The SMILES string of the molecule is NC(=O)C1CCN(C(c2ccccc2)c2sc3nc(-c4ccco4)nn3c2O)CC1. The minimum atomic E-state index is -0.238. The quantitative estimate of drug-likeness (QED) is 0.511. The predicted octanol–water partition coefficient (Wildman–Crippen LogP) is 3.04. The summed E-state index contributed by atoms with van der Waals surface area (Å²) in [5.41, 5.74) is 6.57. The molecule has 1 aliphatic heterocycles. The second-order valence-corrected chi connectivity index (χ2v) is 8.43. The molecule has 0 spiro atoms. The molecule has 1 amide bonds. The summed E-state index contributed by atoms with van der Waals surface area (Å²) in [6.07, 6.45) is 2.99. The third-order valence-electron chi connectivity index (χ3n) is 5.60. The maximum Gasteiger partial charge on any atom is 0.230 e. The molecule has 1 aliphatic rings. The van der Waals surface area contributed by atoms with Gasteiger partial charge in [0.1, 0.15) is 0 Å². The number of nitrogens with two attached hydrogens (primary N) is 1. The van der Waals surface area contributed by atoms with Gasteiger partial charge in [-0.15, -0.1) is 5.10 Å². The molecule has 8 nitrogen and oxygen atoms in total. The minimum absolute atomic E-state index is 0.0752. The molecular formula is C21H21N5O3S. The number of furan rings is 1. The summed E-state index contributed by atoms with van der Waals surface area (Å²) >= 11 is 1.41. The highest BCUT2D eigenvalue weighted by Gasteiger charge is 2.33. The van der Waals surface area contributed by atoms with Crippen LogP contribution in [0.4, 0.5) is 0 Å². The van der Waals surface area contributed by atoms with Crippen LogP contribution in [0.25, 0.3) is 16.5 Å². The number of hydrogen-bond donors (Lipinski definition) is 2. The molecule has 3 N–H and O–H groups in total. The summed E-state index contributed by atoms with van der Waals surface area (Å²) in [5, 5.41) is 15.5. The van der Waals surface area contributed by atoms with Gasteiger partial charge in [0.05, 0.1) is 17.2 Å². The lowest BCUT2D eigenvalue weighted by molar-refractivity contribution is -0.123. The monoisotopic (exact) mass is 423 g/mol. The summed E-state index contributed by atoms with van der Waals surface area (Å²) in [6.45, 7) is 1.44. The van der Waals surface area contributed by atoms with Gasteiger partial charge in [-0.05, 0) is 43.6 Å². The molecule has 1 fully saturated rings. The molecule has 0 bridgehead atoms. The van der Waals surface area contributed by atoms with Crippen molar-refractivity contribution in [1.29, 1.82) is 0 Å². The van der Waals surface area contributed by atoms with Gasteiger partial charge in [-0.2, -0.15) is 9.50 Å². The second kappa shape index (κ2) is 7.58. The number of rotatable bonds is 5. The highest BCUT2D eigenvalue weighted by Crippen LogP contribution is 2.41. The van der Waals surface area contributed by atoms with Crippen LogP contribution in [0.1, 0.15) is 29.3 Å². The third kappa shape index (κ3) is 3.25. The zero-order valence-electron chi connectivity index (χ0n) is 16.1. The highest BCUT2D eigenvalue weighted by atomic mass is 32.1. The van der Waals surface area contributed by atoms with Crippen molar-refractivity contribution < 1.29 is 14.3 Å². The maximum absolute atomic E-state index is 11.6. The van der Waals surface area contributed by atoms with E-state index in [1.165, 1.54) is 15.9 Å². The lowest BCUT2D eigenvalue weighted by Crippen LogP contribution is -2.40. The average molecular weight is 423 g/mol. The fraction of sp³-hybridized carbons (Fsp3) is 0.286. The molecule has 154 valence electrons. The van der Waals surface area contributed by atoms with Crippen LogP contribution in [-0.4, -0.2) is 43.6 Å². The molecule has 30 heavy (non-hydrogen) atoms. The van der Waals surface area contributed by atoms with Gasteiger partial charge in [-0.25, -0.2) is 0 Å². The number of nitrogens with zero attached hydrogens (tertiary/aromatic N) is 4. The van der Waals surface area contributed by atoms with E-state index in [-0.39, 0.29) is 23.7 Å². The summed E-state index contributed by atoms with van der Waals surface area (Å²) in [5.74, 6) is 0.736. The second-order valence-electron chi connectivity index (χ2n) is 7.42. The van der Waals surface area contributed by atoms with Gasteiger partial charge >= 0.3 is 0 Å². The molecule has 0 saturated carbocycles. The van der Waals surface area contributed by atoms with Crippen LogP contribution < -0.4 is 5.73 Å². The molecule has 4 aromatic rings. The molecular weight excluding hydrogens is 402 g/mol. The van der Waals surface area contributed by atoms with Crippen LogP contribution in [0.3, 0.4) is 0 Å². The van der Waals surface area contributed by atoms with E-state index in [4.69, 9.17) is 10.2 Å². The molecule has 5 rings (SSSR count). The minimum Gasteiger partial charge on any atom is -0.492 e. The first-order chi connectivity index (χ1) is 14.6. The van der Waals surface area contributed by atoms with Crippen LogP contribution >= 0.6 is 11.3 Å². The summed E-state index contributed by atoms with van der Waals surface area (Å²) in [4.78, 5) is 19.8. The number of primary amides is 1. The Morgan fingerprint density at radius 2 is 1.97 bits per heavy atom. The topological polar surface area (TPSA) is 110 Å². The number of aromatic nitrogens is 3. The summed E-state index contributed by atoms with van der Waals surface area (Å²) in [7, 11) is 0. The number of carbonyl (C=O) groups excluding carboxylic acids is 1. The standard InChI is InChI=1S/C21H21N5O3S/c22-18(27)14-8-10-25(11-9-14)16(13-5-2-1-3-6-13)17-20(28)26-21(30-17)23-19(24-26)15-7-4-12-29-15/h1-7,12,14,16,28H,8-11H2,(H2,22,27). The van der Waals surface area contributed by atoms with E-state index in [0.29, 0.717) is 29.4 Å². The van der Waals surface area contributed by atoms with Crippen molar-refractivity contribution in [3.05, 3.63) is 59.2 Å². The van der Waals surface area contributed by atoms with Crippen LogP contribution in [-0.2, 0) is 4.79 Å². The molecule has 1 atom stereocenters. The fourth-order valence-electron chi connectivity index (χ4n) is 4.04. The number of benzene rings is 1. The molecule has 1 unspecified atom stereocenters. The van der Waals surface area contributed by atoms with Gasteiger partial charge in [0.15, 0.2) is 5.76 Å². The maximum atomic E-state index is 11.6. The zero-order chi connectivity index (χ0) is 20.7. The molecule has 0 aliphatic carbocycles. The lowest BCUT2D eigenvalue weighted by atomic mass is 9.93. The average Bonchev–Trinajstić information content (AvgIpc) is 3.49. The molecule has 0 radical (unpaired) electrons. The van der Waals surface area contributed by atoms with Crippen LogP contribution in [0.5, 0.6) is 5.88 Å². The molecule has 3 aromatic heterocycles. The number of aromatic hydroxyl groups is 1. The van der Waals surface area contributed by atoms with E-state index in [1.807, 2.05) is 18.2 Å². The zero-order valence-corrected chi connectivity index (χ0v) is 17.0. The van der Waals surface area contributed by atoms with Crippen molar-refractivity contribution in [2.24, 2.45) is 11.7 Å². The normalized spacial score (nSPS) is 16.8. The van der Waals surface area contributed by atoms with E-state index in [9.17, 15) is 9.90 Å². The molecule has 4 heterocycles. The Morgan fingerprint density at radius 3 is 2.60 bits per heavy atom. The van der Waals surface area contributed by atoms with E-state index < -0.39 is 0 Å². The third-order valence-corrected chi connectivity index (χ3v) is 6.67. The predicted molar refractivity (Wildman–Crippen MR) is 112 cm³/mol. The van der Waals surface area contributed by atoms with Gasteiger partial charge < -0.3 is 15.3 Å². The summed E-state index contributed by atoms with van der Waals surface area (Å²) < 4.78 is 6.83. The molecule has 1 aromatic carbocycles. The van der Waals surface area contributed by atoms with Gasteiger partial charge in [-0.3, -0.25) is 9.69 Å². The Morgan fingerprint density at radius 1 is 1.20 bits per heavy atom. The fourth-order valence-corrected chi connectivity index (χ4v) is 5.16. The highest BCUT2D eigenvalue weighted by molar-refractivity contribution is 7.17. The van der Waals surface area contributed by atoms with Crippen molar-refractivity contribution in [3.63, 3.8) is 0 Å². The van der Waals surface area contributed by atoms with Gasteiger partial charge in [0.25, 0.3) is 0 Å². The first-order valence-corrected chi connectivity index (χ1v) is 10.6. The smallest absolute Gasteiger partial charge is 0.230 e. The van der Waals surface area contributed by atoms with E-state index in [2.05, 4.69) is 27.1 Å². The Hall–Kier alpha value is -3.17. The van der Waals surface area contributed by atoms with Crippen LogP contribution in [0, 0.1) is 5.92 Å². The van der Waals surface area contributed by atoms with Gasteiger partial charge in [-0.1, -0.05) is 41.7 Å². The van der Waals surface area contributed by atoms with Crippen molar-refractivity contribution in [2.75, 3.05) is 13.1 Å². The van der Waals surface area contributed by atoms with Crippen molar-refractivity contribution in [3.8, 4) is 17.5 Å². The van der Waals surface area contributed by atoms with E-state index in [0.717, 1.165) is 23.5 Å². The summed E-state index contributed by atoms with van der Waals surface area (Å²) in [6, 6.07) is 13.5. The number of likely N-dealkylation sites (tertiary alicyclic amines) is 1. The first-order valence-electron chi connectivity index (χ1n) is 9.82. The van der Waals surface area contributed by atoms with Crippen molar-refractivity contribution in [2.45, 2.75) is 18.9 Å². The Bertz CT molecular complexity index is 1160. The van der Waals surface area contributed by atoms with Crippen LogP contribution in [0.2, 0.25) is 0 Å². The molecule has 9 heteroatoms. The Labute approximate surface area is 176 Å². The van der Waals surface area contributed by atoms with E-state index >= 15 is 0 Å². The number of piperidine rings is 1. The van der Waals surface area contributed by atoms with E-state index in [1.54, 1.807) is 18.4 Å².